The molecular weight excluding hydrogens is 196 g/mol. The molecule has 0 amide bonds. The molecule has 0 bridgehead atoms. The molecule has 2 N–H and O–H groups in total. The molecule has 2 atom stereocenters. The van der Waals surface area contributed by atoms with Crippen LogP contribution in [0.5, 0.6) is 0 Å². The lowest BCUT2D eigenvalue weighted by atomic mass is 9.97. The predicted molar refractivity (Wildman–Crippen MR) is 70.9 cm³/mol. The van der Waals surface area contributed by atoms with Crippen molar-refractivity contribution in [3.8, 4) is 0 Å². The minimum absolute atomic E-state index is 0.217. The molecule has 0 fully saturated rings. The highest BCUT2D eigenvalue weighted by molar-refractivity contribution is 5.30. The number of aliphatic imine (C=N–C) groups is 1. The Labute approximate surface area is 98.6 Å². The standard InChI is InChI=1S/C14H22N2/c1-11-4-7-13(8-5-11)14(16-3)9-6-12(2)10-15/h4-5,7-8,12,14H,3,6,9-10,15H2,1-2H3/t12?,14-/m1/s1. The molecule has 88 valence electrons. The van der Waals surface area contributed by atoms with Crippen LogP contribution in [0.4, 0.5) is 0 Å². The fourth-order valence-corrected chi connectivity index (χ4v) is 1.71. The highest BCUT2D eigenvalue weighted by Crippen LogP contribution is 2.24. The molecule has 1 aromatic rings. The zero-order chi connectivity index (χ0) is 12.0. The van der Waals surface area contributed by atoms with Gasteiger partial charge in [-0.3, -0.25) is 4.99 Å². The van der Waals surface area contributed by atoms with Crippen LogP contribution >= 0.6 is 0 Å². The number of aryl methyl sites for hydroxylation is 1. The van der Waals surface area contributed by atoms with Crippen LogP contribution in [0.2, 0.25) is 0 Å². The van der Waals surface area contributed by atoms with Crippen molar-refractivity contribution < 1.29 is 0 Å². The van der Waals surface area contributed by atoms with E-state index < -0.39 is 0 Å². The van der Waals surface area contributed by atoms with Crippen molar-refractivity contribution in [2.75, 3.05) is 6.54 Å². The summed E-state index contributed by atoms with van der Waals surface area (Å²) >= 11 is 0. The van der Waals surface area contributed by atoms with Gasteiger partial charge in [-0.2, -0.15) is 0 Å². The number of nitrogens with zero attached hydrogens (tertiary/aromatic N) is 1. The van der Waals surface area contributed by atoms with Crippen LogP contribution in [0.1, 0.15) is 36.9 Å². The van der Waals surface area contributed by atoms with Gasteiger partial charge in [0.25, 0.3) is 0 Å². The van der Waals surface area contributed by atoms with Gasteiger partial charge in [-0.05, 0) is 44.5 Å². The van der Waals surface area contributed by atoms with Gasteiger partial charge in [-0.1, -0.05) is 36.8 Å². The first-order valence-corrected chi connectivity index (χ1v) is 5.89. The van der Waals surface area contributed by atoms with Crippen LogP contribution in [-0.4, -0.2) is 13.3 Å². The van der Waals surface area contributed by atoms with E-state index in [0.29, 0.717) is 5.92 Å². The molecule has 2 nitrogen and oxygen atoms in total. The monoisotopic (exact) mass is 218 g/mol. The molecule has 0 aliphatic rings. The van der Waals surface area contributed by atoms with Crippen LogP contribution < -0.4 is 5.73 Å². The molecule has 0 saturated heterocycles. The third-order valence-electron chi connectivity index (χ3n) is 3.02. The van der Waals surface area contributed by atoms with E-state index in [1.165, 1.54) is 11.1 Å². The van der Waals surface area contributed by atoms with E-state index in [-0.39, 0.29) is 6.04 Å². The molecule has 0 heterocycles. The summed E-state index contributed by atoms with van der Waals surface area (Å²) in [6.45, 7) is 8.70. The molecule has 2 heteroatoms. The van der Waals surface area contributed by atoms with Crippen molar-refractivity contribution in [1.29, 1.82) is 0 Å². The highest BCUT2D eigenvalue weighted by Gasteiger charge is 2.10. The summed E-state index contributed by atoms with van der Waals surface area (Å²) in [6, 6.07) is 8.75. The van der Waals surface area contributed by atoms with Crippen LogP contribution in [0.15, 0.2) is 29.3 Å². The maximum Gasteiger partial charge on any atom is 0.0741 e. The molecule has 0 saturated carbocycles. The van der Waals surface area contributed by atoms with Gasteiger partial charge in [0.05, 0.1) is 6.04 Å². The maximum absolute atomic E-state index is 5.61. The van der Waals surface area contributed by atoms with E-state index in [9.17, 15) is 0 Å². The van der Waals surface area contributed by atoms with E-state index in [2.05, 4.69) is 49.8 Å². The second-order valence-electron chi connectivity index (χ2n) is 4.53. The summed E-state index contributed by atoms with van der Waals surface area (Å²) < 4.78 is 0. The fourth-order valence-electron chi connectivity index (χ4n) is 1.71. The third-order valence-corrected chi connectivity index (χ3v) is 3.02. The van der Waals surface area contributed by atoms with E-state index in [4.69, 9.17) is 5.73 Å². The summed E-state index contributed by atoms with van der Waals surface area (Å²) in [6.07, 6.45) is 2.14. The second-order valence-corrected chi connectivity index (χ2v) is 4.53. The molecule has 0 aliphatic heterocycles. The summed E-state index contributed by atoms with van der Waals surface area (Å²) in [4.78, 5) is 4.20. The van der Waals surface area contributed by atoms with E-state index in [0.717, 1.165) is 19.4 Å². The molecule has 16 heavy (non-hydrogen) atoms. The number of nitrogens with two attached hydrogens (primary N) is 1. The maximum atomic E-state index is 5.61. The van der Waals surface area contributed by atoms with Crippen molar-refractivity contribution >= 4 is 6.72 Å². The molecular formula is C14H22N2. The first-order chi connectivity index (χ1) is 7.67. The van der Waals surface area contributed by atoms with Crippen LogP contribution in [0.25, 0.3) is 0 Å². The highest BCUT2D eigenvalue weighted by atomic mass is 14.7. The second kappa shape index (κ2) is 6.44. The lowest BCUT2D eigenvalue weighted by Crippen LogP contribution is -2.11. The van der Waals surface area contributed by atoms with E-state index in [1.54, 1.807) is 0 Å². The van der Waals surface area contributed by atoms with Crippen molar-refractivity contribution in [1.82, 2.24) is 0 Å². The van der Waals surface area contributed by atoms with Gasteiger partial charge in [-0.25, -0.2) is 0 Å². The Morgan fingerprint density at radius 3 is 2.38 bits per heavy atom. The van der Waals surface area contributed by atoms with Gasteiger partial charge in [-0.15, -0.1) is 0 Å². The Morgan fingerprint density at radius 2 is 1.88 bits per heavy atom. The van der Waals surface area contributed by atoms with Crippen LogP contribution in [0, 0.1) is 12.8 Å². The number of rotatable bonds is 6. The zero-order valence-corrected chi connectivity index (χ0v) is 10.3. The van der Waals surface area contributed by atoms with Crippen LogP contribution in [0.3, 0.4) is 0 Å². The largest absolute Gasteiger partial charge is 0.330 e. The first-order valence-electron chi connectivity index (χ1n) is 5.89. The Kier molecular flexibility index (Phi) is 5.20. The average molecular weight is 218 g/mol. The first kappa shape index (κ1) is 12.9. The number of hydrogen-bond acceptors (Lipinski definition) is 2. The minimum atomic E-state index is 0.217. The Bertz CT molecular complexity index is 316. The smallest absolute Gasteiger partial charge is 0.0741 e. The van der Waals surface area contributed by atoms with Gasteiger partial charge in [0.2, 0.25) is 0 Å². The summed E-state index contributed by atoms with van der Waals surface area (Å²) in [5.74, 6) is 0.565. The molecule has 0 spiro atoms. The van der Waals surface area contributed by atoms with Crippen molar-refractivity contribution in [2.24, 2.45) is 16.6 Å². The summed E-state index contributed by atoms with van der Waals surface area (Å²) in [5.41, 5.74) is 8.15. The lowest BCUT2D eigenvalue weighted by Gasteiger charge is -2.15. The lowest BCUT2D eigenvalue weighted by molar-refractivity contribution is 0.485. The fraction of sp³-hybridized carbons (Fsp3) is 0.500. The van der Waals surface area contributed by atoms with E-state index >= 15 is 0 Å². The Morgan fingerprint density at radius 1 is 1.25 bits per heavy atom. The SMILES string of the molecule is C=N[C@H](CCC(C)CN)c1ccc(C)cc1. The average Bonchev–Trinajstić information content (AvgIpc) is 2.31. The minimum Gasteiger partial charge on any atom is -0.330 e. The number of hydrogen-bond donors (Lipinski definition) is 1. The molecule has 1 unspecified atom stereocenters. The van der Waals surface area contributed by atoms with Crippen molar-refractivity contribution in [3.63, 3.8) is 0 Å². The van der Waals surface area contributed by atoms with Crippen molar-refractivity contribution in [2.45, 2.75) is 32.7 Å². The molecule has 0 aromatic heterocycles. The molecule has 1 aromatic carbocycles. The van der Waals surface area contributed by atoms with Gasteiger partial charge >= 0.3 is 0 Å². The molecule has 1 rings (SSSR count). The van der Waals surface area contributed by atoms with Crippen molar-refractivity contribution in [3.05, 3.63) is 35.4 Å². The van der Waals surface area contributed by atoms with Gasteiger partial charge in [0, 0.05) is 0 Å². The third kappa shape index (κ3) is 3.78. The summed E-state index contributed by atoms with van der Waals surface area (Å²) in [5, 5.41) is 0. The van der Waals surface area contributed by atoms with Gasteiger partial charge < -0.3 is 5.73 Å². The topological polar surface area (TPSA) is 38.4 Å². The molecule has 0 aliphatic carbocycles. The Balaban J connectivity index is 2.60. The predicted octanol–water partition coefficient (Wildman–Crippen LogP) is 3.11. The summed E-state index contributed by atoms with van der Waals surface area (Å²) in [7, 11) is 0. The van der Waals surface area contributed by atoms with Gasteiger partial charge in [0.15, 0.2) is 0 Å². The Hall–Kier alpha value is -1.15. The normalized spacial score (nSPS) is 14.4. The quantitative estimate of drug-likeness (QED) is 0.732. The van der Waals surface area contributed by atoms with Crippen LogP contribution in [-0.2, 0) is 0 Å². The zero-order valence-electron chi connectivity index (χ0n) is 10.3. The molecule has 0 radical (unpaired) electrons. The number of benzene rings is 1. The van der Waals surface area contributed by atoms with E-state index in [1.807, 2.05) is 0 Å². The van der Waals surface area contributed by atoms with Gasteiger partial charge in [0.1, 0.15) is 0 Å².